The van der Waals surface area contributed by atoms with E-state index >= 15 is 0 Å². The van der Waals surface area contributed by atoms with E-state index in [2.05, 4.69) is 4.90 Å². The van der Waals surface area contributed by atoms with E-state index in [4.69, 9.17) is 15.2 Å². The van der Waals surface area contributed by atoms with E-state index < -0.39 is 6.10 Å². The topological polar surface area (TPSA) is 85.0 Å². The van der Waals surface area contributed by atoms with Gasteiger partial charge in [0.2, 0.25) is 5.91 Å². The lowest BCUT2D eigenvalue weighted by atomic mass is 9.96. The van der Waals surface area contributed by atoms with Crippen molar-refractivity contribution in [2.45, 2.75) is 32.0 Å². The first-order valence-electron chi connectivity index (χ1n) is 6.83. The summed E-state index contributed by atoms with van der Waals surface area (Å²) < 4.78 is 10.4. The third kappa shape index (κ3) is 6.33. The normalized spacial score (nSPS) is 21.2. The molecule has 1 fully saturated rings. The Morgan fingerprint density at radius 3 is 2.58 bits per heavy atom. The Hall–Kier alpha value is -0.690. The fraction of sp³-hybridized carbons (Fsp3) is 0.923. The first-order chi connectivity index (χ1) is 9.02. The molecule has 2 unspecified atom stereocenters. The molecule has 0 spiro atoms. The van der Waals surface area contributed by atoms with Crippen molar-refractivity contribution in [3.63, 3.8) is 0 Å². The van der Waals surface area contributed by atoms with Crippen LogP contribution in [-0.2, 0) is 14.3 Å². The maximum Gasteiger partial charge on any atom is 0.220 e. The van der Waals surface area contributed by atoms with Crippen LogP contribution in [0.5, 0.6) is 0 Å². The van der Waals surface area contributed by atoms with Crippen LogP contribution in [0.3, 0.4) is 0 Å². The predicted octanol–water partition coefficient (Wildman–Crippen LogP) is -0.404. The highest BCUT2D eigenvalue weighted by Crippen LogP contribution is 2.16. The number of ether oxygens (including phenoxy) is 2. The van der Waals surface area contributed by atoms with E-state index in [0.29, 0.717) is 19.8 Å². The van der Waals surface area contributed by atoms with Gasteiger partial charge >= 0.3 is 0 Å². The number of carbonyl (C=O) groups is 1. The molecular weight excluding hydrogens is 248 g/mol. The average molecular weight is 274 g/mol. The van der Waals surface area contributed by atoms with Gasteiger partial charge in [-0.15, -0.1) is 0 Å². The molecule has 19 heavy (non-hydrogen) atoms. The number of amides is 1. The Balaban J connectivity index is 2.16. The summed E-state index contributed by atoms with van der Waals surface area (Å²) in [5.41, 5.74) is 5.28. The number of aliphatic hydroxyl groups excluding tert-OH is 1. The van der Waals surface area contributed by atoms with Crippen LogP contribution < -0.4 is 5.73 Å². The minimum atomic E-state index is -0.510. The van der Waals surface area contributed by atoms with Crippen LogP contribution in [-0.4, -0.2) is 68.1 Å². The molecule has 6 nitrogen and oxygen atoms in total. The largest absolute Gasteiger partial charge is 0.389 e. The molecule has 2 atom stereocenters. The Labute approximate surface area is 114 Å². The van der Waals surface area contributed by atoms with E-state index in [0.717, 1.165) is 25.9 Å². The van der Waals surface area contributed by atoms with Gasteiger partial charge in [0.15, 0.2) is 0 Å². The minimum Gasteiger partial charge on any atom is -0.389 e. The van der Waals surface area contributed by atoms with Crippen molar-refractivity contribution in [3.8, 4) is 0 Å². The number of nitrogens with two attached hydrogens (primary N) is 1. The predicted molar refractivity (Wildman–Crippen MR) is 71.7 cm³/mol. The van der Waals surface area contributed by atoms with Gasteiger partial charge in [-0.1, -0.05) is 0 Å². The zero-order chi connectivity index (χ0) is 14.3. The molecule has 0 saturated carbocycles. The Bertz CT molecular complexity index is 267. The molecular formula is C13H26N2O4. The molecule has 0 aromatic rings. The Morgan fingerprint density at radius 2 is 2.05 bits per heavy atom. The van der Waals surface area contributed by atoms with Gasteiger partial charge in [0.05, 0.1) is 25.4 Å². The highest BCUT2D eigenvalue weighted by Gasteiger charge is 2.24. The summed E-state index contributed by atoms with van der Waals surface area (Å²) >= 11 is 0. The van der Waals surface area contributed by atoms with Crippen molar-refractivity contribution in [1.29, 1.82) is 0 Å². The average Bonchev–Trinajstić information content (AvgIpc) is 2.37. The molecule has 1 amide bonds. The molecule has 0 aliphatic carbocycles. The maximum absolute atomic E-state index is 11.0. The lowest BCUT2D eigenvalue weighted by molar-refractivity contribution is -0.123. The smallest absolute Gasteiger partial charge is 0.220 e. The lowest BCUT2D eigenvalue weighted by Crippen LogP contribution is -2.43. The number of rotatable bonds is 8. The number of likely N-dealkylation sites (tertiary alicyclic amines) is 1. The molecule has 1 rings (SSSR count). The van der Waals surface area contributed by atoms with Gasteiger partial charge in [-0.3, -0.25) is 4.79 Å². The fourth-order valence-corrected chi connectivity index (χ4v) is 2.31. The molecule has 1 aliphatic heterocycles. The summed E-state index contributed by atoms with van der Waals surface area (Å²) in [7, 11) is 1.62. The lowest BCUT2D eigenvalue weighted by Gasteiger charge is -2.32. The summed E-state index contributed by atoms with van der Waals surface area (Å²) in [5, 5.41) is 9.89. The second-order valence-electron chi connectivity index (χ2n) is 5.23. The SMILES string of the molecule is COCC(C)OCC(O)CN1CCC(C(N)=O)CC1. The van der Waals surface area contributed by atoms with Gasteiger partial charge in [0, 0.05) is 19.6 Å². The minimum absolute atomic E-state index is 0.00799. The molecule has 112 valence electrons. The standard InChI is InChI=1S/C13H26N2O4/c1-10(8-18-2)19-9-12(16)7-15-5-3-11(4-6-15)13(14)17/h10-12,16H,3-9H2,1-2H3,(H2,14,17). The van der Waals surface area contributed by atoms with E-state index in [9.17, 15) is 9.90 Å². The van der Waals surface area contributed by atoms with Crippen molar-refractivity contribution in [2.24, 2.45) is 11.7 Å². The van der Waals surface area contributed by atoms with Crippen molar-refractivity contribution >= 4 is 5.91 Å². The molecule has 1 aliphatic rings. The Morgan fingerprint density at radius 1 is 1.42 bits per heavy atom. The first kappa shape index (κ1) is 16.4. The van der Waals surface area contributed by atoms with Gasteiger partial charge in [-0.2, -0.15) is 0 Å². The number of piperidine rings is 1. The van der Waals surface area contributed by atoms with Gasteiger partial charge in [0.1, 0.15) is 0 Å². The van der Waals surface area contributed by atoms with Crippen molar-refractivity contribution in [2.75, 3.05) is 40.0 Å². The van der Waals surface area contributed by atoms with Crippen LogP contribution in [0.2, 0.25) is 0 Å². The molecule has 1 heterocycles. The fourth-order valence-electron chi connectivity index (χ4n) is 2.31. The number of carbonyl (C=O) groups excluding carboxylic acids is 1. The number of primary amides is 1. The first-order valence-corrected chi connectivity index (χ1v) is 6.83. The molecule has 3 N–H and O–H groups in total. The van der Waals surface area contributed by atoms with Crippen molar-refractivity contribution in [1.82, 2.24) is 4.90 Å². The van der Waals surface area contributed by atoms with Crippen LogP contribution in [0.4, 0.5) is 0 Å². The molecule has 0 radical (unpaired) electrons. The number of nitrogens with zero attached hydrogens (tertiary/aromatic N) is 1. The summed E-state index contributed by atoms with van der Waals surface area (Å²) in [5.74, 6) is -0.219. The van der Waals surface area contributed by atoms with Crippen molar-refractivity contribution < 1.29 is 19.4 Å². The third-order valence-corrected chi connectivity index (χ3v) is 3.43. The van der Waals surface area contributed by atoms with Crippen LogP contribution in [0, 0.1) is 5.92 Å². The molecule has 1 saturated heterocycles. The monoisotopic (exact) mass is 274 g/mol. The van der Waals surface area contributed by atoms with E-state index in [1.54, 1.807) is 7.11 Å². The summed E-state index contributed by atoms with van der Waals surface area (Å²) in [6.07, 6.45) is 1.04. The van der Waals surface area contributed by atoms with Gasteiger partial charge in [-0.05, 0) is 32.9 Å². The van der Waals surface area contributed by atoms with E-state index in [1.165, 1.54) is 0 Å². The molecule has 0 aromatic carbocycles. The van der Waals surface area contributed by atoms with E-state index in [-0.39, 0.29) is 17.9 Å². The summed E-state index contributed by atoms with van der Waals surface area (Å²) in [6.45, 7) is 4.92. The maximum atomic E-state index is 11.0. The van der Waals surface area contributed by atoms with Gasteiger partial charge < -0.3 is 25.2 Å². The van der Waals surface area contributed by atoms with Gasteiger partial charge in [0.25, 0.3) is 0 Å². The van der Waals surface area contributed by atoms with E-state index in [1.807, 2.05) is 6.92 Å². The number of aliphatic hydroxyl groups is 1. The number of methoxy groups -OCH3 is 1. The second kappa shape index (κ2) is 8.47. The molecule has 0 bridgehead atoms. The summed E-state index contributed by atoms with van der Waals surface area (Å²) in [6, 6.07) is 0. The zero-order valence-electron chi connectivity index (χ0n) is 11.9. The van der Waals surface area contributed by atoms with Crippen LogP contribution >= 0.6 is 0 Å². The zero-order valence-corrected chi connectivity index (χ0v) is 11.9. The molecule has 6 heteroatoms. The highest BCUT2D eigenvalue weighted by molar-refractivity contribution is 5.76. The number of β-amino-alcohol motifs (C(OH)–C–C–N with tert-alkyl or cyclic N) is 1. The highest BCUT2D eigenvalue weighted by atomic mass is 16.5. The quantitative estimate of drug-likeness (QED) is 0.629. The van der Waals surface area contributed by atoms with Crippen LogP contribution in [0.1, 0.15) is 19.8 Å². The number of hydrogen-bond acceptors (Lipinski definition) is 5. The Kier molecular flexibility index (Phi) is 7.30. The summed E-state index contributed by atoms with van der Waals surface area (Å²) in [4.78, 5) is 13.2. The third-order valence-electron chi connectivity index (χ3n) is 3.43. The molecule has 0 aromatic heterocycles. The van der Waals surface area contributed by atoms with Crippen LogP contribution in [0.25, 0.3) is 0 Å². The number of hydrogen-bond donors (Lipinski definition) is 2. The second-order valence-corrected chi connectivity index (χ2v) is 5.23. The van der Waals surface area contributed by atoms with Crippen molar-refractivity contribution in [3.05, 3.63) is 0 Å². The van der Waals surface area contributed by atoms with Gasteiger partial charge in [-0.25, -0.2) is 0 Å². The van der Waals surface area contributed by atoms with Crippen LogP contribution in [0.15, 0.2) is 0 Å².